The second-order valence-corrected chi connectivity index (χ2v) is 11.3. The maximum Gasteiger partial charge on any atom is 0.322 e. The first-order chi connectivity index (χ1) is 20.3. The van der Waals surface area contributed by atoms with Gasteiger partial charge in [-0.3, -0.25) is 24.2 Å². The molecule has 4 heterocycles. The highest BCUT2D eigenvalue weighted by molar-refractivity contribution is 7.08. The number of carbonyl (C=O) groups excluding carboxylic acids is 3. The second-order valence-electron chi connectivity index (χ2n) is 10.3. The molecule has 2 fully saturated rings. The number of nitrogens with zero attached hydrogens (tertiary/aromatic N) is 4. The average Bonchev–Trinajstić information content (AvgIpc) is 3.74. The van der Waals surface area contributed by atoms with E-state index in [0.29, 0.717) is 44.0 Å². The summed E-state index contributed by atoms with van der Waals surface area (Å²) in [6, 6.07) is 16.8. The van der Waals surface area contributed by atoms with Gasteiger partial charge in [-0.25, -0.2) is 5.10 Å². The number of primary amides is 1. The lowest BCUT2D eigenvalue weighted by Crippen LogP contribution is -2.39. The van der Waals surface area contributed by atoms with Crippen molar-refractivity contribution in [2.24, 2.45) is 5.73 Å². The summed E-state index contributed by atoms with van der Waals surface area (Å²) in [5.74, 6) is 0.452. The highest BCUT2D eigenvalue weighted by Gasteiger charge is 2.31. The lowest BCUT2D eigenvalue weighted by molar-refractivity contribution is -0.137. The van der Waals surface area contributed by atoms with Gasteiger partial charge in [0.2, 0.25) is 17.7 Å². The number of H-pyrrole nitrogens is 1. The van der Waals surface area contributed by atoms with Crippen molar-refractivity contribution in [2.45, 2.75) is 38.7 Å². The number of rotatable bonds is 7. The van der Waals surface area contributed by atoms with Crippen LogP contribution in [0.2, 0.25) is 0 Å². The summed E-state index contributed by atoms with van der Waals surface area (Å²) < 4.78 is 5.81. The summed E-state index contributed by atoms with van der Waals surface area (Å²) in [6.07, 6.45) is 2.22. The molecule has 0 radical (unpaired) electrons. The minimum Gasteiger partial charge on any atom is -0.489 e. The van der Waals surface area contributed by atoms with Gasteiger partial charge in [0.25, 0.3) is 0 Å². The highest BCUT2D eigenvalue weighted by atomic mass is 32.1. The van der Waals surface area contributed by atoms with Gasteiger partial charge in [0.1, 0.15) is 17.4 Å². The van der Waals surface area contributed by atoms with Gasteiger partial charge < -0.3 is 20.3 Å². The number of benzene rings is 2. The van der Waals surface area contributed by atoms with Crippen molar-refractivity contribution < 1.29 is 19.1 Å². The van der Waals surface area contributed by atoms with Crippen LogP contribution in [0.4, 0.5) is 0 Å². The first kappa shape index (κ1) is 28.9. The number of para-hydroxylation sites is 1. The van der Waals surface area contributed by atoms with Crippen molar-refractivity contribution in [3.05, 3.63) is 86.1 Å². The van der Waals surface area contributed by atoms with Crippen LogP contribution < -0.4 is 15.3 Å². The van der Waals surface area contributed by atoms with E-state index in [4.69, 9.17) is 10.5 Å². The van der Waals surface area contributed by atoms with Crippen LogP contribution in [0.5, 0.6) is 5.75 Å². The molecule has 0 spiro atoms. The van der Waals surface area contributed by atoms with Crippen molar-refractivity contribution in [1.29, 1.82) is 0 Å². The number of ether oxygens (including phenoxy) is 1. The van der Waals surface area contributed by atoms with Crippen LogP contribution in [0.3, 0.4) is 0 Å². The zero-order valence-corrected chi connectivity index (χ0v) is 24.1. The molecule has 2 saturated heterocycles. The number of likely N-dealkylation sites (tertiary alicyclic amines) is 2. The number of aromatic nitrogens is 3. The Morgan fingerprint density at radius 3 is 2.60 bits per heavy atom. The second kappa shape index (κ2) is 12.9. The fourth-order valence-electron chi connectivity index (χ4n) is 5.13. The lowest BCUT2D eigenvalue weighted by atomic mass is 10.1. The van der Waals surface area contributed by atoms with Crippen LogP contribution in [-0.2, 0) is 16.2 Å². The predicted molar refractivity (Wildman–Crippen MR) is 158 cm³/mol. The first-order valence-electron chi connectivity index (χ1n) is 13.8. The molecule has 4 aromatic rings. The van der Waals surface area contributed by atoms with Crippen molar-refractivity contribution >= 4 is 40.0 Å². The van der Waals surface area contributed by atoms with E-state index in [9.17, 15) is 19.2 Å². The Labute approximate surface area is 246 Å². The van der Waals surface area contributed by atoms with Crippen molar-refractivity contribution in [2.75, 3.05) is 26.2 Å². The van der Waals surface area contributed by atoms with Gasteiger partial charge in [0, 0.05) is 54.2 Å². The van der Waals surface area contributed by atoms with Gasteiger partial charge in [0.15, 0.2) is 0 Å². The summed E-state index contributed by atoms with van der Waals surface area (Å²) in [6.45, 7) is 4.53. The molecule has 2 aliphatic heterocycles. The Balaban J connectivity index is 0.000000169. The number of aryl methyl sites for hydroxylation is 1. The smallest absolute Gasteiger partial charge is 0.322 e. The topological polar surface area (TPSA) is 152 Å². The van der Waals surface area contributed by atoms with Crippen LogP contribution in [0.15, 0.2) is 59.4 Å². The van der Waals surface area contributed by atoms with Gasteiger partial charge in [-0.2, -0.15) is 5.10 Å². The molecule has 6 rings (SSSR count). The molecule has 0 bridgehead atoms. The van der Waals surface area contributed by atoms with Crippen LogP contribution in [0, 0.1) is 6.92 Å². The fraction of sp³-hybridized carbons (Fsp3) is 0.333. The van der Waals surface area contributed by atoms with Gasteiger partial charge in [-0.1, -0.05) is 29.5 Å². The molecule has 0 unspecified atom stereocenters. The third-order valence-corrected chi connectivity index (χ3v) is 8.22. The molecular weight excluding hydrogens is 556 g/mol. The fourth-order valence-corrected chi connectivity index (χ4v) is 5.86. The van der Waals surface area contributed by atoms with E-state index in [1.807, 2.05) is 37.3 Å². The molecule has 2 aromatic heterocycles. The van der Waals surface area contributed by atoms with Crippen molar-refractivity contribution in [1.82, 2.24) is 25.0 Å². The minimum atomic E-state index is -0.442. The van der Waals surface area contributed by atoms with Crippen LogP contribution in [0.25, 0.3) is 10.9 Å². The molecule has 0 aliphatic carbocycles. The summed E-state index contributed by atoms with van der Waals surface area (Å²) in [4.78, 5) is 53.6. The molecule has 42 heavy (non-hydrogen) atoms. The van der Waals surface area contributed by atoms with E-state index in [0.717, 1.165) is 51.3 Å². The summed E-state index contributed by atoms with van der Waals surface area (Å²) in [7, 11) is 0. The van der Waals surface area contributed by atoms with Gasteiger partial charge >= 0.3 is 4.87 Å². The maximum atomic E-state index is 12.2. The molecule has 1 atom stereocenters. The number of hydrogen-bond donors (Lipinski definition) is 2. The Morgan fingerprint density at radius 1 is 1.12 bits per heavy atom. The quantitative estimate of drug-likeness (QED) is 0.337. The van der Waals surface area contributed by atoms with E-state index in [2.05, 4.69) is 15.2 Å². The molecule has 11 nitrogen and oxygen atoms in total. The van der Waals surface area contributed by atoms with Gasteiger partial charge in [-0.15, -0.1) is 0 Å². The molecule has 2 aromatic carbocycles. The number of amides is 3. The SMILES string of the molecule is Cc1cc(COc2ccc(C(N)=O)cc2)c2ccccc2n1.O=C1CCCN1CC(=O)N1CC[C@@H](c2n[nH]c(=O)s2)C1. The molecule has 3 amide bonds. The zero-order valence-electron chi connectivity index (χ0n) is 23.2. The number of pyridine rings is 1. The Bertz CT molecular complexity index is 1650. The zero-order chi connectivity index (χ0) is 29.6. The summed E-state index contributed by atoms with van der Waals surface area (Å²) in [5, 5.41) is 8.25. The van der Waals surface area contributed by atoms with Gasteiger partial charge in [-0.05, 0) is 56.2 Å². The van der Waals surface area contributed by atoms with E-state index in [1.165, 1.54) is 0 Å². The molecule has 2 aliphatic rings. The first-order valence-corrected chi connectivity index (χ1v) is 14.6. The van der Waals surface area contributed by atoms with Crippen molar-refractivity contribution in [3.8, 4) is 5.75 Å². The van der Waals surface area contributed by atoms with E-state index in [1.54, 1.807) is 34.1 Å². The normalized spacial score (nSPS) is 16.4. The lowest BCUT2D eigenvalue weighted by Gasteiger charge is -2.21. The molecular formula is C30H32N6O5S. The minimum absolute atomic E-state index is 0.00867. The molecule has 3 N–H and O–H groups in total. The molecule has 12 heteroatoms. The third-order valence-electron chi connectivity index (χ3n) is 7.31. The number of nitrogens with two attached hydrogens (primary N) is 1. The molecule has 218 valence electrons. The largest absolute Gasteiger partial charge is 0.489 e. The Hall–Kier alpha value is -4.58. The van der Waals surface area contributed by atoms with E-state index >= 15 is 0 Å². The molecule has 0 saturated carbocycles. The monoisotopic (exact) mass is 588 g/mol. The van der Waals surface area contributed by atoms with Crippen LogP contribution >= 0.6 is 11.3 Å². The number of carbonyl (C=O) groups is 3. The van der Waals surface area contributed by atoms with Crippen LogP contribution in [0.1, 0.15) is 51.8 Å². The predicted octanol–water partition coefficient (Wildman–Crippen LogP) is 2.99. The van der Waals surface area contributed by atoms with E-state index < -0.39 is 5.91 Å². The summed E-state index contributed by atoms with van der Waals surface area (Å²) >= 11 is 1.11. The highest BCUT2D eigenvalue weighted by Crippen LogP contribution is 2.27. The van der Waals surface area contributed by atoms with Crippen LogP contribution in [-0.4, -0.2) is 68.9 Å². The number of fused-ring (bicyclic) bond motifs is 1. The summed E-state index contributed by atoms with van der Waals surface area (Å²) in [5.41, 5.74) is 8.70. The average molecular weight is 589 g/mol. The van der Waals surface area contributed by atoms with Crippen molar-refractivity contribution in [3.63, 3.8) is 0 Å². The number of nitrogens with one attached hydrogen (secondary N) is 1. The maximum absolute atomic E-state index is 12.2. The Kier molecular flexibility index (Phi) is 8.91. The Morgan fingerprint density at radius 2 is 1.90 bits per heavy atom. The standard InChI is InChI=1S/C18H16N2O2.C12H16N4O3S/c1-12-10-14(16-4-2-3-5-17(16)20-12)11-22-15-8-6-13(7-9-15)18(19)21;17-9-2-1-4-15(9)7-10(18)16-5-3-8(6-16)11-13-14-12(19)20-11/h2-10H,11H2,1H3,(H2,19,21);8H,1-7H2,(H,14,19)/t;8-/m.1/s1. The third kappa shape index (κ3) is 7.00. The number of aromatic amines is 1. The van der Waals surface area contributed by atoms with Gasteiger partial charge in [0.05, 0.1) is 12.1 Å². The number of hydrogen-bond acceptors (Lipinski definition) is 8. The van der Waals surface area contributed by atoms with E-state index in [-0.39, 0.29) is 29.1 Å².